The molecule has 0 spiro atoms. The molecule has 0 saturated carbocycles. The molecule has 0 radical (unpaired) electrons. The third kappa shape index (κ3) is 4.78. The van der Waals surface area contributed by atoms with E-state index < -0.39 is 0 Å². The van der Waals surface area contributed by atoms with Crippen molar-refractivity contribution in [2.24, 2.45) is 5.92 Å². The summed E-state index contributed by atoms with van der Waals surface area (Å²) in [4.78, 5) is 6.47. The van der Waals surface area contributed by atoms with Gasteiger partial charge in [0.15, 0.2) is 0 Å². The zero-order valence-corrected chi connectivity index (χ0v) is 12.7. The topological polar surface area (TPSA) is 28.2 Å². The molecule has 1 rings (SSSR count). The van der Waals surface area contributed by atoms with E-state index in [-0.39, 0.29) is 5.82 Å². The summed E-state index contributed by atoms with van der Waals surface area (Å²) >= 11 is 0. The minimum Gasteiger partial charge on any atom is -0.354 e. The predicted octanol–water partition coefficient (Wildman–Crippen LogP) is 3.20. The molecule has 0 unspecified atom stereocenters. The molecule has 3 nitrogen and oxygen atoms in total. The average Bonchev–Trinajstić information content (AvgIpc) is 2.31. The molecule has 108 valence electrons. The van der Waals surface area contributed by atoms with Crippen LogP contribution in [0.2, 0.25) is 0 Å². The first-order chi connectivity index (χ1) is 8.95. The summed E-state index contributed by atoms with van der Waals surface area (Å²) in [6.45, 7) is 13.1. The molecule has 0 saturated heterocycles. The number of anilines is 1. The van der Waals surface area contributed by atoms with Crippen LogP contribution in [0, 0.1) is 11.7 Å². The Kier molecular flexibility index (Phi) is 6.22. The fraction of sp³-hybridized carbons (Fsp3) is 0.667. The normalized spacial score (nSPS) is 11.4. The lowest BCUT2D eigenvalue weighted by molar-refractivity contribution is 0.547. The summed E-state index contributed by atoms with van der Waals surface area (Å²) in [5.41, 5.74) is 0.927. The van der Waals surface area contributed by atoms with Gasteiger partial charge in [-0.05, 0) is 39.3 Å². The van der Waals surface area contributed by atoms with E-state index in [2.05, 4.69) is 49.8 Å². The van der Waals surface area contributed by atoms with Crippen molar-refractivity contribution in [3.05, 3.63) is 23.6 Å². The molecule has 0 aliphatic heterocycles. The molecule has 0 aliphatic carbocycles. The van der Waals surface area contributed by atoms with Crippen LogP contribution in [-0.2, 0) is 6.54 Å². The van der Waals surface area contributed by atoms with Crippen molar-refractivity contribution >= 4 is 5.82 Å². The van der Waals surface area contributed by atoms with Crippen molar-refractivity contribution in [1.82, 2.24) is 10.3 Å². The summed E-state index contributed by atoms with van der Waals surface area (Å²) in [5, 5.41) is 3.35. The lowest BCUT2D eigenvalue weighted by Crippen LogP contribution is -2.33. The van der Waals surface area contributed by atoms with Gasteiger partial charge in [0, 0.05) is 24.7 Å². The highest BCUT2D eigenvalue weighted by Gasteiger charge is 2.15. The van der Waals surface area contributed by atoms with Crippen molar-refractivity contribution in [3.8, 4) is 0 Å². The molecule has 1 aromatic rings. The number of hydrogen-bond acceptors (Lipinski definition) is 3. The van der Waals surface area contributed by atoms with Crippen molar-refractivity contribution in [3.63, 3.8) is 0 Å². The molecule has 1 aromatic heterocycles. The number of rotatable bonds is 7. The number of nitrogens with one attached hydrogen (secondary N) is 1. The molecule has 0 fully saturated rings. The van der Waals surface area contributed by atoms with E-state index in [9.17, 15) is 4.39 Å². The fourth-order valence-electron chi connectivity index (χ4n) is 2.12. The molecular weight excluding hydrogens is 241 g/mol. The molecular formula is C15H26FN3. The summed E-state index contributed by atoms with van der Waals surface area (Å²) < 4.78 is 13.4. The maximum atomic E-state index is 13.4. The van der Waals surface area contributed by atoms with Crippen LogP contribution < -0.4 is 10.2 Å². The maximum absolute atomic E-state index is 13.4. The summed E-state index contributed by atoms with van der Waals surface area (Å²) in [6, 6.07) is 1.94. The Morgan fingerprint density at radius 3 is 2.53 bits per heavy atom. The largest absolute Gasteiger partial charge is 0.354 e. The molecule has 4 heteroatoms. The minimum absolute atomic E-state index is 0.273. The zero-order chi connectivity index (χ0) is 14.4. The van der Waals surface area contributed by atoms with Crippen LogP contribution in [0.1, 0.15) is 40.2 Å². The van der Waals surface area contributed by atoms with Crippen LogP contribution in [0.5, 0.6) is 0 Å². The van der Waals surface area contributed by atoms with Gasteiger partial charge in [-0.1, -0.05) is 13.8 Å². The van der Waals surface area contributed by atoms with Gasteiger partial charge in [-0.2, -0.15) is 0 Å². The van der Waals surface area contributed by atoms with Gasteiger partial charge < -0.3 is 10.2 Å². The van der Waals surface area contributed by atoms with E-state index in [4.69, 9.17) is 0 Å². The van der Waals surface area contributed by atoms with Crippen molar-refractivity contribution in [1.29, 1.82) is 0 Å². The van der Waals surface area contributed by atoms with E-state index in [1.807, 2.05) is 0 Å². The molecule has 0 amide bonds. The van der Waals surface area contributed by atoms with Gasteiger partial charge in [-0.3, -0.25) is 0 Å². The van der Waals surface area contributed by atoms with Crippen LogP contribution in [0.15, 0.2) is 12.3 Å². The van der Waals surface area contributed by atoms with Crippen molar-refractivity contribution < 1.29 is 4.39 Å². The fourth-order valence-corrected chi connectivity index (χ4v) is 2.12. The quantitative estimate of drug-likeness (QED) is 0.822. The highest BCUT2D eigenvalue weighted by atomic mass is 19.1. The Morgan fingerprint density at radius 2 is 2.00 bits per heavy atom. The van der Waals surface area contributed by atoms with Crippen LogP contribution in [0.25, 0.3) is 0 Å². The van der Waals surface area contributed by atoms with Gasteiger partial charge in [-0.25, -0.2) is 9.37 Å². The molecule has 0 aliphatic rings. The number of pyridine rings is 1. The number of hydrogen-bond donors (Lipinski definition) is 1. The number of aromatic nitrogens is 1. The SMILES string of the molecule is CCN(c1ncc(F)cc1CNCC(C)C)C(C)C. The second-order valence-electron chi connectivity index (χ2n) is 5.54. The van der Waals surface area contributed by atoms with E-state index in [1.165, 1.54) is 6.20 Å². The van der Waals surface area contributed by atoms with Crippen LogP contribution >= 0.6 is 0 Å². The minimum atomic E-state index is -0.273. The van der Waals surface area contributed by atoms with Gasteiger partial charge >= 0.3 is 0 Å². The van der Waals surface area contributed by atoms with E-state index >= 15 is 0 Å². The summed E-state index contributed by atoms with van der Waals surface area (Å²) in [6.07, 6.45) is 1.30. The van der Waals surface area contributed by atoms with Crippen molar-refractivity contribution in [2.45, 2.75) is 47.2 Å². The first-order valence-corrected chi connectivity index (χ1v) is 7.07. The first-order valence-electron chi connectivity index (χ1n) is 7.07. The smallest absolute Gasteiger partial charge is 0.141 e. The van der Waals surface area contributed by atoms with E-state index in [0.717, 1.165) is 24.5 Å². The lowest BCUT2D eigenvalue weighted by Gasteiger charge is -2.28. The second kappa shape index (κ2) is 7.43. The van der Waals surface area contributed by atoms with Crippen LogP contribution in [-0.4, -0.2) is 24.1 Å². The van der Waals surface area contributed by atoms with E-state index in [0.29, 0.717) is 18.5 Å². The molecule has 1 heterocycles. The van der Waals surface area contributed by atoms with Gasteiger partial charge in [0.05, 0.1) is 6.20 Å². The van der Waals surface area contributed by atoms with Gasteiger partial charge in [0.2, 0.25) is 0 Å². The monoisotopic (exact) mass is 267 g/mol. The van der Waals surface area contributed by atoms with Gasteiger partial charge in [0.25, 0.3) is 0 Å². The Morgan fingerprint density at radius 1 is 1.32 bits per heavy atom. The number of nitrogens with zero attached hydrogens (tertiary/aromatic N) is 2. The van der Waals surface area contributed by atoms with Crippen LogP contribution in [0.3, 0.4) is 0 Å². The van der Waals surface area contributed by atoms with Crippen LogP contribution in [0.4, 0.5) is 10.2 Å². The van der Waals surface area contributed by atoms with E-state index in [1.54, 1.807) is 6.07 Å². The third-order valence-electron chi connectivity index (χ3n) is 3.01. The Bertz CT molecular complexity index is 391. The maximum Gasteiger partial charge on any atom is 0.141 e. The highest BCUT2D eigenvalue weighted by molar-refractivity contribution is 5.47. The lowest BCUT2D eigenvalue weighted by atomic mass is 10.2. The number of halogens is 1. The first kappa shape index (κ1) is 15.9. The second-order valence-corrected chi connectivity index (χ2v) is 5.54. The standard InChI is InChI=1S/C15H26FN3/c1-6-19(12(4)5)15-13(7-14(16)10-18-15)9-17-8-11(2)3/h7,10-12,17H,6,8-9H2,1-5H3. The average molecular weight is 267 g/mol. The van der Waals surface area contributed by atoms with Crippen molar-refractivity contribution in [2.75, 3.05) is 18.0 Å². The molecule has 0 atom stereocenters. The molecule has 0 aromatic carbocycles. The zero-order valence-electron chi connectivity index (χ0n) is 12.7. The van der Waals surface area contributed by atoms with Gasteiger partial charge in [-0.15, -0.1) is 0 Å². The third-order valence-corrected chi connectivity index (χ3v) is 3.01. The molecule has 19 heavy (non-hydrogen) atoms. The highest BCUT2D eigenvalue weighted by Crippen LogP contribution is 2.20. The summed E-state index contributed by atoms with van der Waals surface area (Å²) in [7, 11) is 0. The molecule has 0 bridgehead atoms. The van der Waals surface area contributed by atoms with Gasteiger partial charge in [0.1, 0.15) is 11.6 Å². The Balaban J connectivity index is 2.90. The predicted molar refractivity (Wildman–Crippen MR) is 78.9 cm³/mol. The Hall–Kier alpha value is -1.16. The molecule has 1 N–H and O–H groups in total. The summed E-state index contributed by atoms with van der Waals surface area (Å²) in [5.74, 6) is 1.19. The Labute approximate surface area is 116 Å².